The largest absolute Gasteiger partial charge is 1.00 e. The molecule has 1 rings (SSSR count). The first-order valence-electron chi connectivity index (χ1n) is 3.29. The van der Waals surface area contributed by atoms with Gasteiger partial charge in [0.2, 0.25) is 0 Å². The van der Waals surface area contributed by atoms with Crippen molar-refractivity contribution >= 4 is 5.97 Å². The average molecular weight is 277 g/mol. The molecule has 0 aromatic carbocycles. The molecule has 0 N–H and O–H groups in total. The molecule has 0 amide bonds. The zero-order valence-corrected chi connectivity index (χ0v) is 13.0. The van der Waals surface area contributed by atoms with Gasteiger partial charge in [0.15, 0.2) is 0 Å². The number of aliphatic carboxylic acids is 1. The third-order valence-corrected chi connectivity index (χ3v) is 1.46. The van der Waals surface area contributed by atoms with Gasteiger partial charge in [0.1, 0.15) is 0 Å². The van der Waals surface area contributed by atoms with E-state index in [2.05, 4.69) is 0 Å². The fraction of sp³-hybridized carbons (Fsp3) is 0.833. The molecule has 1 aliphatic rings. The minimum absolute atomic E-state index is 0. The third kappa shape index (κ3) is 5.65. The van der Waals surface area contributed by atoms with Crippen LogP contribution < -0.4 is 74.0 Å². The predicted molar refractivity (Wildman–Crippen MR) is 32.3 cm³/mol. The van der Waals surface area contributed by atoms with Gasteiger partial charge in [0, 0.05) is 19.6 Å². The number of hydrogen-bond donors (Lipinski definition) is 0. The molecule has 0 unspecified atom stereocenters. The van der Waals surface area contributed by atoms with Crippen LogP contribution in [0.5, 0.6) is 0 Å². The molecule has 0 aliphatic carbocycles. The van der Waals surface area contributed by atoms with Gasteiger partial charge in [-0.2, -0.15) is 0 Å². The number of carbonyl (C=O) groups is 1. The van der Waals surface area contributed by atoms with Gasteiger partial charge in [-0.1, -0.05) is 0 Å². The molecule has 0 bridgehead atoms. The Hall–Kier alpha value is 1.44. The summed E-state index contributed by atoms with van der Waals surface area (Å²) < 4.78 is 5.03. The van der Waals surface area contributed by atoms with Crippen molar-refractivity contribution in [1.82, 2.24) is 4.90 Å². The molecule has 0 aromatic heterocycles. The Morgan fingerprint density at radius 2 is 2.00 bits per heavy atom. The summed E-state index contributed by atoms with van der Waals surface area (Å²) in [5.41, 5.74) is 0. The Morgan fingerprint density at radius 3 is 2.45 bits per heavy atom. The van der Waals surface area contributed by atoms with Crippen LogP contribution in [0, 0.1) is 0 Å². The van der Waals surface area contributed by atoms with Crippen LogP contribution in [0.1, 0.15) is 0 Å². The van der Waals surface area contributed by atoms with Gasteiger partial charge < -0.3 is 14.6 Å². The second-order valence-corrected chi connectivity index (χ2v) is 2.26. The molecule has 58 valence electrons. The van der Waals surface area contributed by atoms with E-state index < -0.39 is 5.97 Å². The van der Waals surface area contributed by atoms with Gasteiger partial charge in [-0.25, -0.2) is 0 Å². The Kier molecular flexibility index (Phi) is 7.81. The minimum Gasteiger partial charge on any atom is -0.549 e. The molecule has 0 atom stereocenters. The van der Waals surface area contributed by atoms with Crippen LogP contribution >= 0.6 is 0 Å². The number of ether oxygens (including phenoxy) is 1. The summed E-state index contributed by atoms with van der Waals surface area (Å²) in [5, 5.41) is 10.1. The summed E-state index contributed by atoms with van der Waals surface area (Å²) in [5.74, 6) is -1.01. The van der Waals surface area contributed by atoms with Crippen molar-refractivity contribution in [3.8, 4) is 0 Å². The molecule has 0 radical (unpaired) electrons. The summed E-state index contributed by atoms with van der Waals surface area (Å²) in [6.45, 7) is 2.70. The SMILES string of the molecule is O=C([O-])CN1CCOCC1.[Cs+]. The Morgan fingerprint density at radius 1 is 1.45 bits per heavy atom. The van der Waals surface area contributed by atoms with Gasteiger partial charge in [-0.05, 0) is 0 Å². The molecule has 4 nitrogen and oxygen atoms in total. The molecule has 0 saturated carbocycles. The first kappa shape index (κ1) is 12.4. The normalized spacial score (nSPS) is 18.9. The molecular formula is C6H10CsNO3. The zero-order valence-electron chi connectivity index (χ0n) is 6.71. The number of rotatable bonds is 2. The van der Waals surface area contributed by atoms with Gasteiger partial charge in [0.05, 0.1) is 19.2 Å². The summed E-state index contributed by atoms with van der Waals surface area (Å²) >= 11 is 0. The van der Waals surface area contributed by atoms with Crippen molar-refractivity contribution in [2.45, 2.75) is 0 Å². The maximum absolute atomic E-state index is 10.1. The van der Waals surface area contributed by atoms with Crippen molar-refractivity contribution in [2.75, 3.05) is 32.8 Å². The van der Waals surface area contributed by atoms with E-state index in [1.165, 1.54) is 0 Å². The molecule has 5 heteroatoms. The van der Waals surface area contributed by atoms with E-state index in [4.69, 9.17) is 4.74 Å². The maximum atomic E-state index is 10.1. The minimum atomic E-state index is -1.01. The van der Waals surface area contributed by atoms with E-state index in [0.717, 1.165) is 0 Å². The van der Waals surface area contributed by atoms with E-state index in [0.29, 0.717) is 26.3 Å². The number of hydrogen-bond acceptors (Lipinski definition) is 4. The molecular weight excluding hydrogens is 267 g/mol. The van der Waals surface area contributed by atoms with E-state index in [9.17, 15) is 9.90 Å². The molecule has 1 fully saturated rings. The van der Waals surface area contributed by atoms with Crippen LogP contribution in [0.25, 0.3) is 0 Å². The van der Waals surface area contributed by atoms with Crippen molar-refractivity contribution in [2.24, 2.45) is 0 Å². The van der Waals surface area contributed by atoms with Crippen molar-refractivity contribution in [3.05, 3.63) is 0 Å². The zero-order chi connectivity index (χ0) is 7.40. The molecule has 1 saturated heterocycles. The van der Waals surface area contributed by atoms with Crippen molar-refractivity contribution in [3.63, 3.8) is 0 Å². The number of nitrogens with zero attached hydrogens (tertiary/aromatic N) is 1. The topological polar surface area (TPSA) is 52.6 Å². The maximum Gasteiger partial charge on any atom is 1.00 e. The monoisotopic (exact) mass is 277 g/mol. The van der Waals surface area contributed by atoms with Gasteiger partial charge >= 0.3 is 68.9 Å². The van der Waals surface area contributed by atoms with E-state index in [-0.39, 0.29) is 75.4 Å². The quantitative estimate of drug-likeness (QED) is 0.507. The number of morpholine rings is 1. The van der Waals surface area contributed by atoms with Gasteiger partial charge in [-0.3, -0.25) is 4.90 Å². The van der Waals surface area contributed by atoms with Crippen LogP contribution in [0.15, 0.2) is 0 Å². The predicted octanol–water partition coefficient (Wildman–Crippen LogP) is -4.93. The van der Waals surface area contributed by atoms with Crippen LogP contribution in [0.4, 0.5) is 0 Å². The van der Waals surface area contributed by atoms with Crippen LogP contribution in [0.2, 0.25) is 0 Å². The number of carbonyl (C=O) groups excluding carboxylic acids is 1. The standard InChI is InChI=1S/C6H11NO3.Cs/c8-6(9)5-7-1-3-10-4-2-7;/h1-5H2,(H,8,9);/q;+1/p-1. The average Bonchev–Trinajstić information content (AvgIpc) is 1.88. The summed E-state index contributed by atoms with van der Waals surface area (Å²) in [6, 6.07) is 0. The second kappa shape index (κ2) is 6.90. The van der Waals surface area contributed by atoms with Crippen molar-refractivity contribution in [1.29, 1.82) is 0 Å². The first-order valence-corrected chi connectivity index (χ1v) is 3.29. The second-order valence-electron chi connectivity index (χ2n) is 2.26. The van der Waals surface area contributed by atoms with E-state index in [1.807, 2.05) is 0 Å². The Labute approximate surface area is 125 Å². The first-order chi connectivity index (χ1) is 4.79. The summed E-state index contributed by atoms with van der Waals surface area (Å²) in [6.07, 6.45) is 0. The molecule has 0 spiro atoms. The third-order valence-electron chi connectivity index (χ3n) is 1.46. The molecule has 1 heterocycles. The molecule has 0 aromatic rings. The summed E-state index contributed by atoms with van der Waals surface area (Å²) in [7, 11) is 0. The molecule has 1 aliphatic heterocycles. The number of carboxylic acids is 1. The van der Waals surface area contributed by atoms with E-state index in [1.54, 1.807) is 4.90 Å². The molecule has 11 heavy (non-hydrogen) atoms. The fourth-order valence-corrected chi connectivity index (χ4v) is 0.942. The van der Waals surface area contributed by atoms with Crippen molar-refractivity contribution < 1.29 is 83.5 Å². The summed E-state index contributed by atoms with van der Waals surface area (Å²) in [4.78, 5) is 11.9. The van der Waals surface area contributed by atoms with Gasteiger partial charge in [-0.15, -0.1) is 0 Å². The smallest absolute Gasteiger partial charge is 0.549 e. The van der Waals surface area contributed by atoms with E-state index >= 15 is 0 Å². The van der Waals surface area contributed by atoms with Gasteiger partial charge in [0.25, 0.3) is 0 Å². The Bertz CT molecular complexity index is 125. The van der Waals surface area contributed by atoms with Crippen LogP contribution in [-0.4, -0.2) is 43.7 Å². The Balaban J connectivity index is 0.000001000. The van der Waals surface area contributed by atoms with Crippen LogP contribution in [0.3, 0.4) is 0 Å². The fourth-order valence-electron chi connectivity index (χ4n) is 0.942. The number of carboxylic acid groups (broad SMARTS) is 1. The van der Waals surface area contributed by atoms with Crippen LogP contribution in [-0.2, 0) is 9.53 Å².